The zero-order valence-corrected chi connectivity index (χ0v) is 15.8. The van der Waals surface area contributed by atoms with E-state index in [0.717, 1.165) is 10.9 Å². The summed E-state index contributed by atoms with van der Waals surface area (Å²) in [4.78, 5) is 15.7. The van der Waals surface area contributed by atoms with Crippen molar-refractivity contribution in [3.05, 3.63) is 70.1 Å². The number of hydrogen-bond acceptors (Lipinski definition) is 5. The molecule has 8 heteroatoms. The Hall–Kier alpha value is -2.29. The van der Waals surface area contributed by atoms with E-state index in [0.29, 0.717) is 19.5 Å². The first kappa shape index (κ1) is 17.1. The van der Waals surface area contributed by atoms with Crippen molar-refractivity contribution >= 4 is 52.0 Å². The number of H-pyrrole nitrogens is 1. The van der Waals surface area contributed by atoms with E-state index in [9.17, 15) is 9.18 Å². The summed E-state index contributed by atoms with van der Waals surface area (Å²) in [5, 5.41) is 5.36. The molecule has 0 radical (unpaired) electrons. The Morgan fingerprint density at radius 1 is 1.23 bits per heavy atom. The minimum atomic E-state index is -0.311. The second kappa shape index (κ2) is 7.14. The molecule has 0 saturated heterocycles. The van der Waals surface area contributed by atoms with Crippen molar-refractivity contribution in [1.82, 2.24) is 14.8 Å². The molecular formula is C18H12FN3OS3. The molecule has 4 rings (SSSR count). The number of benzene rings is 2. The molecule has 2 aromatic heterocycles. The first-order valence-corrected chi connectivity index (χ1v) is 9.91. The number of nitrogens with zero attached hydrogens (tertiary/aromatic N) is 2. The van der Waals surface area contributed by atoms with Gasteiger partial charge in [0.05, 0.1) is 11.4 Å². The van der Waals surface area contributed by atoms with Crippen molar-refractivity contribution in [2.24, 2.45) is 0 Å². The molecule has 2 heterocycles. The molecule has 4 aromatic rings. The van der Waals surface area contributed by atoms with E-state index in [1.54, 1.807) is 23.0 Å². The van der Waals surface area contributed by atoms with Gasteiger partial charge in [-0.05, 0) is 42.5 Å². The molecule has 0 spiro atoms. The van der Waals surface area contributed by atoms with Gasteiger partial charge in [0.1, 0.15) is 5.82 Å². The maximum absolute atomic E-state index is 13.1. The van der Waals surface area contributed by atoms with Crippen molar-refractivity contribution < 1.29 is 9.18 Å². The van der Waals surface area contributed by atoms with Gasteiger partial charge < -0.3 is 4.98 Å². The monoisotopic (exact) mass is 401 g/mol. The van der Waals surface area contributed by atoms with Crippen molar-refractivity contribution in [3.8, 4) is 5.69 Å². The topological polar surface area (TPSA) is 50.7 Å². The summed E-state index contributed by atoms with van der Waals surface area (Å²) < 4.78 is 15.9. The Morgan fingerprint density at radius 2 is 2.00 bits per heavy atom. The lowest BCUT2D eigenvalue weighted by molar-refractivity contribution is 0.102. The normalized spacial score (nSPS) is 11.1. The summed E-state index contributed by atoms with van der Waals surface area (Å²) in [6.45, 7) is 0. The van der Waals surface area contributed by atoms with Gasteiger partial charge in [0.15, 0.2) is 14.1 Å². The zero-order chi connectivity index (χ0) is 18.1. The van der Waals surface area contributed by atoms with Gasteiger partial charge in [-0.1, -0.05) is 41.3 Å². The van der Waals surface area contributed by atoms with Gasteiger partial charge in [0.2, 0.25) is 0 Å². The van der Waals surface area contributed by atoms with Gasteiger partial charge in [-0.25, -0.2) is 9.07 Å². The molecule has 0 aliphatic carbocycles. The van der Waals surface area contributed by atoms with Crippen LogP contribution in [0.3, 0.4) is 0 Å². The van der Waals surface area contributed by atoms with Crippen molar-refractivity contribution in [1.29, 1.82) is 0 Å². The third kappa shape index (κ3) is 3.35. The van der Waals surface area contributed by atoms with Gasteiger partial charge in [-0.15, -0.1) is 5.10 Å². The first-order chi connectivity index (χ1) is 12.6. The number of nitrogens with one attached hydrogen (secondary N) is 1. The third-order valence-corrected chi connectivity index (χ3v) is 6.18. The summed E-state index contributed by atoms with van der Waals surface area (Å²) in [5.74, 6) is -0.00980. The van der Waals surface area contributed by atoms with Crippen LogP contribution in [-0.2, 0) is 0 Å². The molecule has 2 aromatic carbocycles. The fourth-order valence-corrected chi connectivity index (χ4v) is 4.82. The molecule has 130 valence electrons. The molecule has 0 fully saturated rings. The van der Waals surface area contributed by atoms with Crippen LogP contribution in [-0.4, -0.2) is 26.3 Å². The number of aromatic nitrogens is 3. The molecule has 0 aliphatic rings. The minimum absolute atomic E-state index is 0.0295. The summed E-state index contributed by atoms with van der Waals surface area (Å²) >= 11 is 8.02. The van der Waals surface area contributed by atoms with Gasteiger partial charge in [0.25, 0.3) is 0 Å². The number of Topliss-reactive ketones (excluding diaryl/α,β-unsaturated/α-hetero) is 1. The van der Waals surface area contributed by atoms with E-state index in [1.165, 1.54) is 35.2 Å². The van der Waals surface area contributed by atoms with Crippen LogP contribution in [0.15, 0.2) is 59.1 Å². The smallest absolute Gasteiger partial charge is 0.184 e. The van der Waals surface area contributed by atoms with E-state index in [4.69, 9.17) is 12.2 Å². The lowest BCUT2D eigenvalue weighted by Gasteiger charge is -2.00. The number of ketones is 1. The summed E-state index contributed by atoms with van der Waals surface area (Å²) in [7, 11) is 0. The standard InChI is InChI=1S/C18H12FN3OS3/c19-11-5-7-12(8-6-11)22-18(24)26-17(21-22)25-10-16(23)14-9-20-15-4-2-1-3-13(14)15/h1-9,20H,10H2. The summed E-state index contributed by atoms with van der Waals surface area (Å²) in [5.41, 5.74) is 2.31. The van der Waals surface area contributed by atoms with Crippen LogP contribution in [0, 0.1) is 9.77 Å². The average Bonchev–Trinajstić information content (AvgIpc) is 3.24. The predicted octanol–water partition coefficient (Wildman–Crippen LogP) is 5.26. The highest BCUT2D eigenvalue weighted by atomic mass is 32.2. The van der Waals surface area contributed by atoms with Crippen LogP contribution >= 0.6 is 35.3 Å². The van der Waals surface area contributed by atoms with Gasteiger partial charge in [-0.2, -0.15) is 0 Å². The van der Waals surface area contributed by atoms with Crippen molar-refractivity contribution in [3.63, 3.8) is 0 Å². The Kier molecular flexibility index (Phi) is 4.71. The van der Waals surface area contributed by atoms with Crippen LogP contribution in [0.25, 0.3) is 16.6 Å². The number of thioether (sulfide) groups is 1. The van der Waals surface area contributed by atoms with Crippen molar-refractivity contribution in [2.75, 3.05) is 5.75 Å². The fraction of sp³-hybridized carbons (Fsp3) is 0.0556. The molecule has 0 unspecified atom stereocenters. The van der Waals surface area contributed by atoms with Crippen LogP contribution < -0.4 is 0 Å². The number of para-hydroxylation sites is 1. The molecule has 1 N–H and O–H groups in total. The van der Waals surface area contributed by atoms with E-state index < -0.39 is 0 Å². The maximum Gasteiger partial charge on any atom is 0.184 e. The van der Waals surface area contributed by atoms with Gasteiger partial charge >= 0.3 is 0 Å². The fourth-order valence-electron chi connectivity index (χ4n) is 2.57. The number of rotatable bonds is 5. The highest BCUT2D eigenvalue weighted by molar-refractivity contribution is 8.01. The van der Waals surface area contributed by atoms with Crippen molar-refractivity contribution in [2.45, 2.75) is 4.34 Å². The molecule has 26 heavy (non-hydrogen) atoms. The Bertz CT molecular complexity index is 1140. The van der Waals surface area contributed by atoms with Crippen LogP contribution in [0.5, 0.6) is 0 Å². The first-order valence-electron chi connectivity index (χ1n) is 7.70. The highest BCUT2D eigenvalue weighted by Crippen LogP contribution is 2.26. The lowest BCUT2D eigenvalue weighted by atomic mass is 10.1. The molecule has 0 aliphatic heterocycles. The zero-order valence-electron chi connectivity index (χ0n) is 13.3. The lowest BCUT2D eigenvalue weighted by Crippen LogP contribution is -2.01. The maximum atomic E-state index is 13.1. The number of carbonyl (C=O) groups is 1. The SMILES string of the molecule is O=C(CSc1nn(-c2ccc(F)cc2)c(=S)s1)c1c[nH]c2ccccc12. The largest absolute Gasteiger partial charge is 0.360 e. The van der Waals surface area contributed by atoms with Gasteiger partial charge in [-0.3, -0.25) is 4.79 Å². The second-order valence-corrected chi connectivity index (χ2v) is 8.33. The van der Waals surface area contributed by atoms with E-state index >= 15 is 0 Å². The quantitative estimate of drug-likeness (QED) is 0.282. The average molecular weight is 402 g/mol. The van der Waals surface area contributed by atoms with E-state index in [-0.39, 0.29) is 17.4 Å². The predicted molar refractivity (Wildman–Crippen MR) is 106 cm³/mol. The molecule has 0 amide bonds. The summed E-state index contributed by atoms with van der Waals surface area (Å²) in [6, 6.07) is 13.7. The number of hydrogen-bond donors (Lipinski definition) is 1. The Labute approximate surface area is 161 Å². The van der Waals surface area contributed by atoms with E-state index in [2.05, 4.69) is 10.1 Å². The number of fused-ring (bicyclic) bond motifs is 1. The van der Waals surface area contributed by atoms with Crippen LogP contribution in [0.2, 0.25) is 0 Å². The van der Waals surface area contributed by atoms with Crippen LogP contribution in [0.1, 0.15) is 10.4 Å². The minimum Gasteiger partial charge on any atom is -0.360 e. The molecule has 0 bridgehead atoms. The molecule has 0 atom stereocenters. The van der Waals surface area contributed by atoms with E-state index in [1.807, 2.05) is 24.3 Å². The van der Waals surface area contributed by atoms with Crippen LogP contribution in [0.4, 0.5) is 4.39 Å². The van der Waals surface area contributed by atoms with Gasteiger partial charge in [0, 0.05) is 22.7 Å². The Morgan fingerprint density at radius 3 is 2.81 bits per heavy atom. The highest BCUT2D eigenvalue weighted by Gasteiger charge is 2.14. The molecular weight excluding hydrogens is 389 g/mol. The molecule has 4 nitrogen and oxygen atoms in total. The number of aromatic amines is 1. The second-order valence-electron chi connectivity index (χ2n) is 5.48. The molecule has 0 saturated carbocycles. The third-order valence-electron chi connectivity index (χ3n) is 3.82. The number of carbonyl (C=O) groups excluding carboxylic acids is 1. The summed E-state index contributed by atoms with van der Waals surface area (Å²) in [6.07, 6.45) is 1.74. The number of halogens is 1. The Balaban J connectivity index is 1.51.